The van der Waals surface area contributed by atoms with E-state index in [0.717, 1.165) is 17.3 Å². The molecule has 0 aliphatic carbocycles. The first-order valence-corrected chi connectivity index (χ1v) is 7.27. The third-order valence-electron chi connectivity index (χ3n) is 3.32. The number of carbonyl (C=O) groups excluding carboxylic acids is 1. The number of rotatable bonds is 5. The zero-order valence-electron chi connectivity index (χ0n) is 13.0. The number of nitrogens with one attached hydrogen (secondary N) is 1. The molecule has 0 aliphatic heterocycles. The fourth-order valence-electron chi connectivity index (χ4n) is 2.21. The van der Waals surface area contributed by atoms with Crippen LogP contribution in [0.4, 0.5) is 0 Å². The van der Waals surface area contributed by atoms with Crippen molar-refractivity contribution in [3.8, 4) is 5.69 Å². The van der Waals surface area contributed by atoms with Gasteiger partial charge in [0.1, 0.15) is 11.6 Å². The van der Waals surface area contributed by atoms with Crippen LogP contribution in [0.5, 0.6) is 0 Å². The second-order valence-electron chi connectivity index (χ2n) is 5.07. The molecule has 1 N–H and O–H groups in total. The molecule has 1 amide bonds. The molecule has 1 aromatic carbocycles. The average Bonchev–Trinajstić information content (AvgIpc) is 3.15. The molecule has 0 fully saturated rings. The van der Waals surface area contributed by atoms with E-state index in [1.165, 1.54) is 0 Å². The predicted octanol–water partition coefficient (Wildman–Crippen LogP) is 0.906. The van der Waals surface area contributed by atoms with Crippen molar-refractivity contribution in [2.75, 3.05) is 6.54 Å². The van der Waals surface area contributed by atoms with Crippen LogP contribution >= 0.6 is 0 Å². The molecule has 0 saturated heterocycles. The van der Waals surface area contributed by atoms with Crippen molar-refractivity contribution >= 4 is 5.91 Å². The van der Waals surface area contributed by atoms with Crippen LogP contribution in [-0.4, -0.2) is 42.2 Å². The van der Waals surface area contributed by atoms with E-state index in [9.17, 15) is 4.79 Å². The molecule has 3 rings (SSSR count). The van der Waals surface area contributed by atoms with E-state index in [1.807, 2.05) is 44.2 Å². The topological polar surface area (TPSA) is 90.5 Å². The number of carbonyl (C=O) groups is 1. The maximum Gasteiger partial charge on any atom is 0.273 e. The van der Waals surface area contributed by atoms with Crippen molar-refractivity contribution in [1.29, 1.82) is 0 Å². The van der Waals surface area contributed by atoms with Gasteiger partial charge in [0.15, 0.2) is 5.69 Å². The first kappa shape index (κ1) is 14.9. The molecule has 0 radical (unpaired) electrons. The molecule has 118 valence electrons. The fraction of sp³-hybridized carbons (Fsp3) is 0.267. The maximum atomic E-state index is 12.1. The normalized spacial score (nSPS) is 10.7. The van der Waals surface area contributed by atoms with Crippen molar-refractivity contribution in [2.45, 2.75) is 20.4 Å². The van der Waals surface area contributed by atoms with Crippen molar-refractivity contribution in [3.05, 3.63) is 53.9 Å². The molecule has 0 spiro atoms. The van der Waals surface area contributed by atoms with Crippen LogP contribution < -0.4 is 5.32 Å². The van der Waals surface area contributed by atoms with Crippen LogP contribution in [0.2, 0.25) is 0 Å². The van der Waals surface area contributed by atoms with Crippen LogP contribution in [0.25, 0.3) is 5.69 Å². The van der Waals surface area contributed by atoms with Gasteiger partial charge in [-0.15, -0.1) is 5.10 Å². The van der Waals surface area contributed by atoms with Gasteiger partial charge in [0.2, 0.25) is 0 Å². The monoisotopic (exact) mass is 311 g/mol. The fourth-order valence-corrected chi connectivity index (χ4v) is 2.21. The number of amides is 1. The molecule has 0 saturated carbocycles. The molecule has 8 nitrogen and oxygen atoms in total. The van der Waals surface area contributed by atoms with Gasteiger partial charge in [-0.1, -0.05) is 23.4 Å². The minimum absolute atomic E-state index is 0.262. The minimum atomic E-state index is -0.262. The second kappa shape index (κ2) is 6.39. The SMILES string of the molecule is Cc1nc(C)n(CCNC(=O)c2cn(-c3ccccc3)nn2)n1. The van der Waals surface area contributed by atoms with Gasteiger partial charge in [0.25, 0.3) is 5.91 Å². The molecule has 0 unspecified atom stereocenters. The number of benzene rings is 1. The Morgan fingerprint density at radius 2 is 2.00 bits per heavy atom. The maximum absolute atomic E-state index is 12.1. The van der Waals surface area contributed by atoms with Gasteiger partial charge in [-0.3, -0.25) is 4.79 Å². The lowest BCUT2D eigenvalue weighted by atomic mass is 10.3. The second-order valence-corrected chi connectivity index (χ2v) is 5.07. The van der Waals surface area contributed by atoms with E-state index in [1.54, 1.807) is 15.6 Å². The van der Waals surface area contributed by atoms with Gasteiger partial charge < -0.3 is 5.32 Å². The van der Waals surface area contributed by atoms with Crippen LogP contribution in [-0.2, 0) is 6.54 Å². The molecular formula is C15H17N7O. The van der Waals surface area contributed by atoms with Gasteiger partial charge in [0.05, 0.1) is 18.4 Å². The number of hydrogen-bond donors (Lipinski definition) is 1. The predicted molar refractivity (Wildman–Crippen MR) is 83.2 cm³/mol. The largest absolute Gasteiger partial charge is 0.349 e. The summed E-state index contributed by atoms with van der Waals surface area (Å²) >= 11 is 0. The Morgan fingerprint density at radius 1 is 1.22 bits per heavy atom. The number of aryl methyl sites for hydroxylation is 2. The highest BCUT2D eigenvalue weighted by Crippen LogP contribution is 2.05. The van der Waals surface area contributed by atoms with E-state index in [4.69, 9.17) is 0 Å². The summed E-state index contributed by atoms with van der Waals surface area (Å²) in [5.74, 6) is 1.29. The van der Waals surface area contributed by atoms with Gasteiger partial charge in [-0.05, 0) is 26.0 Å². The summed E-state index contributed by atoms with van der Waals surface area (Å²) in [5.41, 5.74) is 1.13. The Hall–Kier alpha value is -3.03. The molecule has 0 aliphatic rings. The number of nitrogens with zero attached hydrogens (tertiary/aromatic N) is 6. The summed E-state index contributed by atoms with van der Waals surface area (Å²) in [6.07, 6.45) is 1.61. The standard InChI is InChI=1S/C15H17N7O/c1-11-17-12(2)21(19-11)9-8-16-15(23)14-10-22(20-18-14)13-6-4-3-5-7-13/h3-7,10H,8-9H2,1-2H3,(H,16,23). The summed E-state index contributed by atoms with van der Waals surface area (Å²) in [6.45, 7) is 4.73. The molecule has 2 aromatic heterocycles. The lowest BCUT2D eigenvalue weighted by Crippen LogP contribution is -2.28. The molecule has 8 heteroatoms. The highest BCUT2D eigenvalue weighted by Gasteiger charge is 2.11. The van der Waals surface area contributed by atoms with Crippen molar-refractivity contribution in [2.24, 2.45) is 0 Å². The molecule has 0 bridgehead atoms. The van der Waals surface area contributed by atoms with Crippen molar-refractivity contribution in [3.63, 3.8) is 0 Å². The molecular weight excluding hydrogens is 294 g/mol. The Balaban J connectivity index is 1.59. The zero-order valence-corrected chi connectivity index (χ0v) is 13.0. The average molecular weight is 311 g/mol. The minimum Gasteiger partial charge on any atom is -0.349 e. The number of hydrogen-bond acceptors (Lipinski definition) is 5. The van der Waals surface area contributed by atoms with Crippen LogP contribution in [0, 0.1) is 13.8 Å². The van der Waals surface area contributed by atoms with Crippen molar-refractivity contribution < 1.29 is 4.79 Å². The van der Waals surface area contributed by atoms with E-state index < -0.39 is 0 Å². The first-order valence-electron chi connectivity index (χ1n) is 7.27. The van der Waals surface area contributed by atoms with Crippen LogP contribution in [0.15, 0.2) is 36.5 Å². The van der Waals surface area contributed by atoms with E-state index >= 15 is 0 Å². The highest BCUT2D eigenvalue weighted by molar-refractivity contribution is 5.91. The van der Waals surface area contributed by atoms with Crippen LogP contribution in [0.1, 0.15) is 22.1 Å². The van der Waals surface area contributed by atoms with E-state index in [0.29, 0.717) is 13.1 Å². The van der Waals surface area contributed by atoms with Crippen LogP contribution in [0.3, 0.4) is 0 Å². The summed E-state index contributed by atoms with van der Waals surface area (Å²) in [6, 6.07) is 9.51. The van der Waals surface area contributed by atoms with Gasteiger partial charge in [-0.25, -0.2) is 14.3 Å². The van der Waals surface area contributed by atoms with Gasteiger partial charge in [0, 0.05) is 6.54 Å². The van der Waals surface area contributed by atoms with E-state index in [2.05, 4.69) is 25.7 Å². The zero-order chi connectivity index (χ0) is 16.2. The third-order valence-corrected chi connectivity index (χ3v) is 3.32. The highest BCUT2D eigenvalue weighted by atomic mass is 16.2. The summed E-state index contributed by atoms with van der Waals surface area (Å²) < 4.78 is 3.33. The van der Waals surface area contributed by atoms with Gasteiger partial charge in [-0.2, -0.15) is 5.10 Å². The quantitative estimate of drug-likeness (QED) is 0.756. The van der Waals surface area contributed by atoms with Crippen molar-refractivity contribution in [1.82, 2.24) is 35.1 Å². The Labute approximate surface area is 133 Å². The Bertz CT molecular complexity index is 806. The summed E-state index contributed by atoms with van der Waals surface area (Å²) in [4.78, 5) is 16.3. The summed E-state index contributed by atoms with van der Waals surface area (Å²) in [7, 11) is 0. The molecule has 0 atom stereocenters. The van der Waals surface area contributed by atoms with Gasteiger partial charge >= 0.3 is 0 Å². The Kier molecular flexibility index (Phi) is 4.13. The lowest BCUT2D eigenvalue weighted by molar-refractivity contribution is 0.0946. The molecule has 2 heterocycles. The Morgan fingerprint density at radius 3 is 2.70 bits per heavy atom. The number of aromatic nitrogens is 6. The van der Waals surface area contributed by atoms with E-state index in [-0.39, 0.29) is 11.6 Å². The number of para-hydroxylation sites is 1. The summed E-state index contributed by atoms with van der Waals surface area (Å²) in [5, 5.41) is 14.9. The first-order chi connectivity index (χ1) is 11.1. The smallest absolute Gasteiger partial charge is 0.273 e. The third kappa shape index (κ3) is 3.42. The lowest BCUT2D eigenvalue weighted by Gasteiger charge is -2.04. The molecule has 23 heavy (non-hydrogen) atoms. The molecule has 3 aromatic rings.